The standard InChI is InChI=1S/C21H21N3S/c22-12-14-2-4-15(5-3-14)16-10-17-18-13-23-7-6-19(18)24-8-1-9-25-20(11-16)21(17)24/h2-5,10-11,18-19,23H,1,6-9,13H2. The van der Waals surface area contributed by atoms with Gasteiger partial charge in [0.25, 0.3) is 0 Å². The molecule has 0 aliphatic carbocycles. The number of hydrogen-bond acceptors (Lipinski definition) is 4. The minimum atomic E-state index is 0.611. The predicted molar refractivity (Wildman–Crippen MR) is 103 cm³/mol. The smallest absolute Gasteiger partial charge is 0.0991 e. The average molecular weight is 347 g/mol. The molecule has 126 valence electrons. The largest absolute Gasteiger partial charge is 0.367 e. The van der Waals surface area contributed by atoms with E-state index in [0.717, 1.165) is 18.7 Å². The van der Waals surface area contributed by atoms with Gasteiger partial charge in [-0.2, -0.15) is 5.26 Å². The molecule has 1 saturated heterocycles. The van der Waals surface area contributed by atoms with Gasteiger partial charge in [-0.1, -0.05) is 12.1 Å². The van der Waals surface area contributed by atoms with E-state index in [1.807, 2.05) is 23.9 Å². The van der Waals surface area contributed by atoms with E-state index in [1.165, 1.54) is 52.4 Å². The van der Waals surface area contributed by atoms with E-state index in [9.17, 15) is 0 Å². The van der Waals surface area contributed by atoms with Gasteiger partial charge < -0.3 is 10.2 Å². The highest BCUT2D eigenvalue weighted by Gasteiger charge is 2.41. The van der Waals surface area contributed by atoms with Crippen molar-refractivity contribution in [3.8, 4) is 17.2 Å². The van der Waals surface area contributed by atoms with E-state index in [-0.39, 0.29) is 0 Å². The van der Waals surface area contributed by atoms with E-state index in [2.05, 4.69) is 40.6 Å². The molecule has 3 heterocycles. The SMILES string of the molecule is N#Cc1ccc(-c2cc3c4c(c2)C2CNCCC2N4CCCS3)cc1. The van der Waals surface area contributed by atoms with Gasteiger partial charge in [0.15, 0.2) is 0 Å². The lowest BCUT2D eigenvalue weighted by Gasteiger charge is -2.33. The Kier molecular flexibility index (Phi) is 3.73. The maximum atomic E-state index is 9.04. The molecule has 5 rings (SSSR count). The lowest BCUT2D eigenvalue weighted by Crippen LogP contribution is -2.44. The summed E-state index contributed by atoms with van der Waals surface area (Å²) in [6.45, 7) is 3.43. The third-order valence-corrected chi connectivity index (χ3v) is 6.90. The number of anilines is 1. The Hall–Kier alpha value is -1.96. The van der Waals surface area contributed by atoms with Crippen LogP contribution in [0.1, 0.15) is 29.9 Å². The fraction of sp³-hybridized carbons (Fsp3) is 0.381. The quantitative estimate of drug-likeness (QED) is 0.847. The van der Waals surface area contributed by atoms with Gasteiger partial charge in [-0.25, -0.2) is 0 Å². The second kappa shape index (κ2) is 6.09. The first-order valence-corrected chi connectivity index (χ1v) is 10.1. The fourth-order valence-corrected chi connectivity index (χ4v) is 5.70. The van der Waals surface area contributed by atoms with Crippen LogP contribution in [0.3, 0.4) is 0 Å². The first-order chi connectivity index (χ1) is 12.3. The van der Waals surface area contributed by atoms with Crippen molar-refractivity contribution < 1.29 is 0 Å². The Balaban J connectivity index is 1.65. The number of nitriles is 1. The van der Waals surface area contributed by atoms with E-state index >= 15 is 0 Å². The number of rotatable bonds is 1. The third-order valence-electron chi connectivity index (χ3n) is 5.79. The van der Waals surface area contributed by atoms with Gasteiger partial charge in [0.2, 0.25) is 0 Å². The molecule has 3 nitrogen and oxygen atoms in total. The van der Waals surface area contributed by atoms with Gasteiger partial charge in [-0.05, 0) is 66.1 Å². The molecule has 0 spiro atoms. The first kappa shape index (κ1) is 15.3. The predicted octanol–water partition coefficient (Wildman–Crippen LogP) is 3.99. The van der Waals surface area contributed by atoms with Crippen molar-refractivity contribution in [2.75, 3.05) is 30.3 Å². The molecule has 2 unspecified atom stereocenters. The van der Waals surface area contributed by atoms with Crippen molar-refractivity contribution >= 4 is 17.4 Å². The number of fused-ring (bicyclic) bond motifs is 3. The Bertz CT molecular complexity index is 853. The molecule has 1 N–H and O–H groups in total. The highest BCUT2D eigenvalue weighted by Crippen LogP contribution is 2.51. The zero-order valence-corrected chi connectivity index (χ0v) is 15.0. The van der Waals surface area contributed by atoms with Crippen molar-refractivity contribution in [1.29, 1.82) is 5.26 Å². The highest BCUT2D eigenvalue weighted by atomic mass is 32.2. The monoisotopic (exact) mass is 347 g/mol. The van der Waals surface area contributed by atoms with E-state index in [4.69, 9.17) is 5.26 Å². The number of nitrogens with zero attached hydrogens (tertiary/aromatic N) is 2. The molecule has 2 atom stereocenters. The van der Waals surface area contributed by atoms with Crippen LogP contribution in [0.25, 0.3) is 11.1 Å². The third kappa shape index (κ3) is 2.46. The van der Waals surface area contributed by atoms with Crippen LogP contribution in [0.4, 0.5) is 5.69 Å². The summed E-state index contributed by atoms with van der Waals surface area (Å²) in [7, 11) is 0. The van der Waals surface area contributed by atoms with Crippen LogP contribution in [0, 0.1) is 11.3 Å². The summed E-state index contributed by atoms with van der Waals surface area (Å²) in [5.74, 6) is 1.81. The number of benzene rings is 2. The van der Waals surface area contributed by atoms with Crippen LogP contribution in [0.2, 0.25) is 0 Å². The number of nitrogens with one attached hydrogen (secondary N) is 1. The van der Waals surface area contributed by atoms with Gasteiger partial charge >= 0.3 is 0 Å². The van der Waals surface area contributed by atoms with E-state index in [0.29, 0.717) is 12.0 Å². The number of thioether (sulfide) groups is 1. The maximum Gasteiger partial charge on any atom is 0.0991 e. The summed E-state index contributed by atoms with van der Waals surface area (Å²) in [6, 6.07) is 15.7. The zero-order valence-electron chi connectivity index (χ0n) is 14.2. The Morgan fingerprint density at radius 1 is 1.16 bits per heavy atom. The van der Waals surface area contributed by atoms with Crippen molar-refractivity contribution in [3.05, 3.63) is 47.5 Å². The number of piperidine rings is 1. The van der Waals surface area contributed by atoms with E-state index < -0.39 is 0 Å². The van der Waals surface area contributed by atoms with Gasteiger partial charge in [-0.15, -0.1) is 11.8 Å². The minimum Gasteiger partial charge on any atom is -0.367 e. The molecule has 2 aromatic carbocycles. The maximum absolute atomic E-state index is 9.04. The molecule has 1 fully saturated rings. The van der Waals surface area contributed by atoms with Crippen LogP contribution in [-0.2, 0) is 0 Å². The number of hydrogen-bond donors (Lipinski definition) is 1. The Labute approximate surface area is 153 Å². The Morgan fingerprint density at radius 2 is 2.04 bits per heavy atom. The Morgan fingerprint density at radius 3 is 2.88 bits per heavy atom. The van der Waals surface area contributed by atoms with Crippen molar-refractivity contribution in [2.45, 2.75) is 29.7 Å². The second-order valence-corrected chi connectivity index (χ2v) is 8.30. The highest BCUT2D eigenvalue weighted by molar-refractivity contribution is 7.99. The summed E-state index contributed by atoms with van der Waals surface area (Å²) < 4.78 is 0. The van der Waals surface area contributed by atoms with Crippen molar-refractivity contribution in [3.63, 3.8) is 0 Å². The molecular formula is C21H21N3S. The molecule has 2 aromatic rings. The summed E-state index contributed by atoms with van der Waals surface area (Å²) in [5, 5.41) is 12.6. The molecule has 25 heavy (non-hydrogen) atoms. The van der Waals surface area contributed by atoms with Crippen molar-refractivity contribution in [2.24, 2.45) is 0 Å². The molecule has 3 aliphatic rings. The molecule has 3 aliphatic heterocycles. The van der Waals surface area contributed by atoms with E-state index in [1.54, 1.807) is 0 Å². The molecule has 0 aromatic heterocycles. The van der Waals surface area contributed by atoms with Crippen LogP contribution >= 0.6 is 11.8 Å². The van der Waals surface area contributed by atoms with Crippen LogP contribution in [-0.4, -0.2) is 31.4 Å². The fourth-order valence-electron chi connectivity index (χ4n) is 4.63. The van der Waals surface area contributed by atoms with Crippen LogP contribution in [0.5, 0.6) is 0 Å². The summed E-state index contributed by atoms with van der Waals surface area (Å²) in [5.41, 5.74) is 6.27. The zero-order chi connectivity index (χ0) is 16.8. The summed E-state index contributed by atoms with van der Waals surface area (Å²) in [4.78, 5) is 4.16. The molecule has 0 radical (unpaired) electrons. The van der Waals surface area contributed by atoms with Crippen molar-refractivity contribution in [1.82, 2.24) is 5.32 Å². The molecule has 0 amide bonds. The second-order valence-electron chi connectivity index (χ2n) is 7.16. The first-order valence-electron chi connectivity index (χ1n) is 9.14. The van der Waals surface area contributed by atoms with Gasteiger partial charge in [-0.3, -0.25) is 0 Å². The summed E-state index contributed by atoms with van der Waals surface area (Å²) >= 11 is 2.01. The van der Waals surface area contributed by atoms with Crippen LogP contribution < -0.4 is 10.2 Å². The molecule has 0 bridgehead atoms. The topological polar surface area (TPSA) is 39.1 Å². The normalized spacial score (nSPS) is 24.2. The van der Waals surface area contributed by atoms with Gasteiger partial charge in [0.05, 0.1) is 17.3 Å². The lowest BCUT2D eigenvalue weighted by atomic mass is 9.88. The minimum absolute atomic E-state index is 0.611. The van der Waals surface area contributed by atoms with Crippen LogP contribution in [0.15, 0.2) is 41.3 Å². The molecular weight excluding hydrogens is 326 g/mol. The lowest BCUT2D eigenvalue weighted by molar-refractivity contribution is 0.403. The molecule has 0 saturated carbocycles. The van der Waals surface area contributed by atoms with Gasteiger partial charge in [0.1, 0.15) is 0 Å². The van der Waals surface area contributed by atoms with Gasteiger partial charge in [0, 0.05) is 29.9 Å². The average Bonchev–Trinajstić information content (AvgIpc) is 2.83. The summed E-state index contributed by atoms with van der Waals surface area (Å²) in [6.07, 6.45) is 2.51. The molecule has 4 heteroatoms.